The highest BCUT2D eigenvalue weighted by Gasteiger charge is 2.24. The molecule has 1 aromatic heterocycles. The molecule has 1 fully saturated rings. The summed E-state index contributed by atoms with van der Waals surface area (Å²) in [6, 6.07) is 1.06. The number of anilines is 1. The molecule has 0 spiro atoms. The summed E-state index contributed by atoms with van der Waals surface area (Å²) in [6.45, 7) is 7.14. The Hall–Kier alpha value is -1.10. The van der Waals surface area contributed by atoms with Gasteiger partial charge < -0.3 is 15.1 Å². The molecule has 0 bridgehead atoms. The molecule has 0 aromatic carbocycles. The van der Waals surface area contributed by atoms with Crippen molar-refractivity contribution in [3.63, 3.8) is 0 Å². The van der Waals surface area contributed by atoms with Crippen LogP contribution in [0.15, 0.2) is 4.42 Å². The second-order valence-corrected chi connectivity index (χ2v) is 4.95. The van der Waals surface area contributed by atoms with E-state index >= 15 is 0 Å². The lowest BCUT2D eigenvalue weighted by molar-refractivity contribution is 0.425. The number of hydrogen-bond acceptors (Lipinski definition) is 5. The first-order valence-corrected chi connectivity index (χ1v) is 6.52. The van der Waals surface area contributed by atoms with E-state index in [1.807, 2.05) is 6.92 Å². The molecular formula is C12H22N4O. The zero-order chi connectivity index (χ0) is 12.3. The summed E-state index contributed by atoms with van der Waals surface area (Å²) < 4.78 is 5.57. The van der Waals surface area contributed by atoms with Crippen molar-refractivity contribution in [2.75, 3.05) is 11.9 Å². The zero-order valence-electron chi connectivity index (χ0n) is 10.9. The summed E-state index contributed by atoms with van der Waals surface area (Å²) in [6.07, 6.45) is 3.94. The fraction of sp³-hybridized carbons (Fsp3) is 0.833. The smallest absolute Gasteiger partial charge is 0.315 e. The van der Waals surface area contributed by atoms with Gasteiger partial charge in [-0.05, 0) is 32.7 Å². The topological polar surface area (TPSA) is 63.0 Å². The third-order valence-electron chi connectivity index (χ3n) is 3.08. The minimum absolute atomic E-state index is 0.113. The van der Waals surface area contributed by atoms with Crippen LogP contribution >= 0.6 is 0 Å². The molecule has 1 aliphatic rings. The fourth-order valence-electron chi connectivity index (χ4n) is 1.98. The van der Waals surface area contributed by atoms with E-state index in [9.17, 15) is 0 Å². The van der Waals surface area contributed by atoms with Gasteiger partial charge in [0, 0.05) is 6.04 Å². The van der Waals surface area contributed by atoms with Crippen LogP contribution in [0.4, 0.5) is 6.01 Å². The molecule has 5 heteroatoms. The third-order valence-corrected chi connectivity index (χ3v) is 3.08. The molecular weight excluding hydrogens is 216 g/mol. The van der Waals surface area contributed by atoms with Crippen LogP contribution < -0.4 is 10.6 Å². The Bertz CT molecular complexity index is 348. The molecule has 1 saturated carbocycles. The van der Waals surface area contributed by atoms with E-state index in [1.165, 1.54) is 19.3 Å². The molecule has 0 aliphatic heterocycles. The van der Waals surface area contributed by atoms with E-state index in [0.29, 0.717) is 17.9 Å². The summed E-state index contributed by atoms with van der Waals surface area (Å²) in [5.41, 5.74) is 0. The number of nitrogens with zero attached hydrogens (tertiary/aromatic N) is 2. The molecule has 1 aromatic rings. The third kappa shape index (κ3) is 3.70. The van der Waals surface area contributed by atoms with Gasteiger partial charge in [0.15, 0.2) is 0 Å². The van der Waals surface area contributed by atoms with Gasteiger partial charge in [-0.1, -0.05) is 24.9 Å². The van der Waals surface area contributed by atoms with Crippen LogP contribution in [-0.4, -0.2) is 22.8 Å². The van der Waals surface area contributed by atoms with Crippen molar-refractivity contribution in [1.29, 1.82) is 0 Å². The van der Waals surface area contributed by atoms with E-state index in [0.717, 1.165) is 12.5 Å². The standard InChI is InChI=1S/C12H22N4O/c1-4-13-9(3)11-15-16-12(17-11)14-8(2)7-10-5-6-10/h8-10,13H,4-7H2,1-3H3,(H,14,16). The minimum Gasteiger partial charge on any atom is -0.406 e. The highest BCUT2D eigenvalue weighted by Crippen LogP contribution is 2.34. The van der Waals surface area contributed by atoms with Gasteiger partial charge in [0.25, 0.3) is 0 Å². The highest BCUT2D eigenvalue weighted by atomic mass is 16.4. The van der Waals surface area contributed by atoms with Gasteiger partial charge in [-0.15, -0.1) is 5.10 Å². The van der Waals surface area contributed by atoms with Crippen molar-refractivity contribution in [3.05, 3.63) is 5.89 Å². The van der Waals surface area contributed by atoms with Crippen LogP contribution in [0, 0.1) is 5.92 Å². The Morgan fingerprint density at radius 2 is 2.12 bits per heavy atom. The molecule has 1 heterocycles. The lowest BCUT2D eigenvalue weighted by Gasteiger charge is -2.10. The number of rotatable bonds is 7. The first kappa shape index (κ1) is 12.4. The first-order chi connectivity index (χ1) is 8.19. The predicted molar refractivity (Wildman–Crippen MR) is 66.8 cm³/mol. The minimum atomic E-state index is 0.113. The van der Waals surface area contributed by atoms with Crippen molar-refractivity contribution < 1.29 is 4.42 Å². The zero-order valence-corrected chi connectivity index (χ0v) is 10.9. The van der Waals surface area contributed by atoms with E-state index in [2.05, 4.69) is 34.7 Å². The normalized spacial score (nSPS) is 19.0. The number of hydrogen-bond donors (Lipinski definition) is 2. The molecule has 0 amide bonds. The van der Waals surface area contributed by atoms with Gasteiger partial charge in [0.1, 0.15) is 0 Å². The summed E-state index contributed by atoms with van der Waals surface area (Å²) in [5.74, 6) is 1.55. The monoisotopic (exact) mass is 238 g/mol. The van der Waals surface area contributed by atoms with Crippen LogP contribution in [0.25, 0.3) is 0 Å². The molecule has 5 nitrogen and oxygen atoms in total. The van der Waals surface area contributed by atoms with Crippen LogP contribution in [0.5, 0.6) is 0 Å². The van der Waals surface area contributed by atoms with E-state index < -0.39 is 0 Å². The van der Waals surface area contributed by atoms with Gasteiger partial charge in [0.05, 0.1) is 6.04 Å². The Balaban J connectivity index is 1.83. The van der Waals surface area contributed by atoms with Crippen molar-refractivity contribution in [2.45, 2.75) is 52.1 Å². The highest BCUT2D eigenvalue weighted by molar-refractivity contribution is 5.19. The number of nitrogens with one attached hydrogen (secondary N) is 2. The van der Waals surface area contributed by atoms with Gasteiger partial charge in [-0.3, -0.25) is 0 Å². The van der Waals surface area contributed by atoms with E-state index in [4.69, 9.17) is 4.42 Å². The van der Waals surface area contributed by atoms with Gasteiger partial charge >= 0.3 is 6.01 Å². The Kier molecular flexibility index (Phi) is 3.99. The Labute approximate surface area is 102 Å². The van der Waals surface area contributed by atoms with Crippen LogP contribution in [-0.2, 0) is 0 Å². The molecule has 2 rings (SSSR count). The maximum absolute atomic E-state index is 5.57. The summed E-state index contributed by atoms with van der Waals surface area (Å²) in [7, 11) is 0. The van der Waals surface area contributed by atoms with Gasteiger partial charge in [-0.2, -0.15) is 0 Å². The van der Waals surface area contributed by atoms with Crippen molar-refractivity contribution in [1.82, 2.24) is 15.5 Å². The SMILES string of the molecule is CCNC(C)c1nnc(NC(C)CC2CC2)o1. The van der Waals surface area contributed by atoms with Crippen molar-refractivity contribution >= 4 is 6.01 Å². The molecule has 17 heavy (non-hydrogen) atoms. The van der Waals surface area contributed by atoms with Gasteiger partial charge in [-0.25, -0.2) is 0 Å². The summed E-state index contributed by atoms with van der Waals surface area (Å²) in [4.78, 5) is 0. The van der Waals surface area contributed by atoms with Crippen molar-refractivity contribution in [2.24, 2.45) is 5.92 Å². The maximum atomic E-state index is 5.57. The molecule has 96 valence electrons. The Morgan fingerprint density at radius 1 is 1.35 bits per heavy atom. The largest absolute Gasteiger partial charge is 0.406 e. The second kappa shape index (κ2) is 5.49. The van der Waals surface area contributed by atoms with Crippen LogP contribution in [0.3, 0.4) is 0 Å². The Morgan fingerprint density at radius 3 is 2.76 bits per heavy atom. The molecule has 0 saturated heterocycles. The lowest BCUT2D eigenvalue weighted by Crippen LogP contribution is -2.18. The summed E-state index contributed by atoms with van der Waals surface area (Å²) >= 11 is 0. The van der Waals surface area contributed by atoms with E-state index in [1.54, 1.807) is 0 Å². The van der Waals surface area contributed by atoms with Crippen molar-refractivity contribution in [3.8, 4) is 0 Å². The molecule has 1 aliphatic carbocycles. The molecule has 2 unspecified atom stereocenters. The first-order valence-electron chi connectivity index (χ1n) is 6.52. The average molecular weight is 238 g/mol. The molecule has 2 N–H and O–H groups in total. The molecule has 2 atom stereocenters. The van der Waals surface area contributed by atoms with Gasteiger partial charge in [0.2, 0.25) is 5.89 Å². The quantitative estimate of drug-likeness (QED) is 0.763. The average Bonchev–Trinajstić information content (AvgIpc) is 2.95. The fourth-order valence-corrected chi connectivity index (χ4v) is 1.98. The molecule has 0 radical (unpaired) electrons. The predicted octanol–water partition coefficient (Wildman–Crippen LogP) is 2.34. The number of aromatic nitrogens is 2. The summed E-state index contributed by atoms with van der Waals surface area (Å²) in [5, 5.41) is 14.6. The lowest BCUT2D eigenvalue weighted by atomic mass is 10.2. The van der Waals surface area contributed by atoms with Crippen LogP contribution in [0.2, 0.25) is 0 Å². The van der Waals surface area contributed by atoms with Crippen LogP contribution in [0.1, 0.15) is 52.0 Å². The maximum Gasteiger partial charge on any atom is 0.315 e. The van der Waals surface area contributed by atoms with E-state index in [-0.39, 0.29) is 6.04 Å². The second-order valence-electron chi connectivity index (χ2n) is 4.95.